The summed E-state index contributed by atoms with van der Waals surface area (Å²) in [6.07, 6.45) is 2.15. The number of hydrogen-bond acceptors (Lipinski definition) is 3. The second kappa shape index (κ2) is 6.32. The molecule has 24 heavy (non-hydrogen) atoms. The number of thiophene rings is 1. The van der Waals surface area contributed by atoms with Crippen molar-refractivity contribution in [2.75, 3.05) is 20.2 Å². The average molecular weight is 340 g/mol. The monoisotopic (exact) mass is 340 g/mol. The smallest absolute Gasteiger partial charge is 0.263 e. The molecule has 0 aliphatic carbocycles. The van der Waals surface area contributed by atoms with Crippen molar-refractivity contribution in [1.29, 1.82) is 0 Å². The van der Waals surface area contributed by atoms with E-state index in [0.717, 1.165) is 47.5 Å². The number of carbonyl (C=O) groups is 1. The van der Waals surface area contributed by atoms with Crippen LogP contribution in [-0.2, 0) is 0 Å². The minimum Gasteiger partial charge on any atom is -0.497 e. The lowest BCUT2D eigenvalue weighted by Crippen LogP contribution is -2.38. The molecule has 2 aromatic heterocycles. The Morgan fingerprint density at radius 3 is 3.04 bits per heavy atom. The Hall–Kier alpha value is -2.27. The normalized spacial score (nSPS) is 18.0. The number of nitrogens with one attached hydrogen (secondary N) is 1. The number of piperidine rings is 1. The van der Waals surface area contributed by atoms with Crippen LogP contribution in [0.4, 0.5) is 0 Å². The van der Waals surface area contributed by atoms with Crippen molar-refractivity contribution in [3.63, 3.8) is 0 Å². The fourth-order valence-corrected chi connectivity index (χ4v) is 4.14. The van der Waals surface area contributed by atoms with Crippen molar-refractivity contribution in [3.8, 4) is 5.75 Å². The summed E-state index contributed by atoms with van der Waals surface area (Å²) < 4.78 is 5.30. The number of benzene rings is 1. The summed E-state index contributed by atoms with van der Waals surface area (Å²) in [5, 5.41) is 3.12. The van der Waals surface area contributed by atoms with Crippen LogP contribution in [-0.4, -0.2) is 36.0 Å². The van der Waals surface area contributed by atoms with Gasteiger partial charge in [-0.15, -0.1) is 11.3 Å². The highest BCUT2D eigenvalue weighted by atomic mass is 32.1. The number of aromatic amines is 1. The summed E-state index contributed by atoms with van der Waals surface area (Å²) in [4.78, 5) is 18.9. The number of likely N-dealkylation sites (tertiary alicyclic amines) is 1. The Kier molecular flexibility index (Phi) is 4.02. The van der Waals surface area contributed by atoms with Gasteiger partial charge in [0.05, 0.1) is 12.0 Å². The van der Waals surface area contributed by atoms with Crippen LogP contribution < -0.4 is 4.74 Å². The highest BCUT2D eigenvalue weighted by Gasteiger charge is 2.26. The minimum absolute atomic E-state index is 0.160. The second-order valence-electron chi connectivity index (χ2n) is 6.25. The number of aromatic nitrogens is 1. The number of carbonyl (C=O) groups excluding carboxylic acids is 1. The zero-order chi connectivity index (χ0) is 16.5. The first-order chi connectivity index (χ1) is 11.7. The van der Waals surface area contributed by atoms with Crippen LogP contribution in [0.1, 0.15) is 34.1 Å². The van der Waals surface area contributed by atoms with E-state index in [4.69, 9.17) is 4.74 Å². The lowest BCUT2D eigenvalue weighted by Gasteiger charge is -2.32. The molecule has 124 valence electrons. The number of methoxy groups -OCH3 is 1. The standard InChI is InChI=1S/C19H20N2O2S/c1-23-15-6-7-16-14(10-15)11-17(20-16)13-4-2-8-21(12-13)19(22)18-5-3-9-24-18/h3,5-7,9-11,13,20H,2,4,8,12H2,1H3. The Labute approximate surface area is 145 Å². The molecular weight excluding hydrogens is 320 g/mol. The SMILES string of the molecule is COc1ccc2[nH]c(C3CCCN(C(=O)c4cccs4)C3)cc2c1. The summed E-state index contributed by atoms with van der Waals surface area (Å²) in [6, 6.07) is 12.1. The zero-order valence-electron chi connectivity index (χ0n) is 13.6. The Bertz CT molecular complexity index is 854. The maximum absolute atomic E-state index is 12.6. The average Bonchev–Trinajstić information content (AvgIpc) is 3.30. The quantitative estimate of drug-likeness (QED) is 0.774. The van der Waals surface area contributed by atoms with E-state index in [0.29, 0.717) is 5.92 Å². The molecule has 1 aliphatic rings. The van der Waals surface area contributed by atoms with E-state index in [2.05, 4.69) is 17.1 Å². The zero-order valence-corrected chi connectivity index (χ0v) is 14.4. The van der Waals surface area contributed by atoms with Crippen LogP contribution in [0.3, 0.4) is 0 Å². The van der Waals surface area contributed by atoms with Gasteiger partial charge in [0.2, 0.25) is 0 Å². The fourth-order valence-electron chi connectivity index (χ4n) is 3.45. The second-order valence-corrected chi connectivity index (χ2v) is 7.19. The van der Waals surface area contributed by atoms with E-state index in [-0.39, 0.29) is 5.91 Å². The molecule has 3 aromatic rings. The number of ether oxygens (including phenoxy) is 1. The van der Waals surface area contributed by atoms with Gasteiger partial charge in [0, 0.05) is 35.6 Å². The van der Waals surface area contributed by atoms with Gasteiger partial charge in [-0.1, -0.05) is 6.07 Å². The maximum Gasteiger partial charge on any atom is 0.263 e. The van der Waals surface area contributed by atoms with Crippen LogP contribution in [0.2, 0.25) is 0 Å². The van der Waals surface area contributed by atoms with Crippen molar-refractivity contribution in [2.45, 2.75) is 18.8 Å². The van der Waals surface area contributed by atoms with Crippen LogP contribution >= 0.6 is 11.3 Å². The predicted octanol–water partition coefficient (Wildman–Crippen LogP) is 4.26. The minimum atomic E-state index is 0.160. The third kappa shape index (κ3) is 2.80. The van der Waals surface area contributed by atoms with Gasteiger partial charge in [0.1, 0.15) is 5.75 Å². The maximum atomic E-state index is 12.6. The highest BCUT2D eigenvalue weighted by molar-refractivity contribution is 7.12. The molecule has 1 fully saturated rings. The molecule has 4 rings (SSSR count). The number of H-pyrrole nitrogens is 1. The first kappa shape index (κ1) is 15.3. The molecule has 1 N–H and O–H groups in total. The number of nitrogens with zero attached hydrogens (tertiary/aromatic N) is 1. The van der Waals surface area contributed by atoms with E-state index in [1.807, 2.05) is 34.5 Å². The largest absolute Gasteiger partial charge is 0.497 e. The number of amides is 1. The van der Waals surface area contributed by atoms with Crippen molar-refractivity contribution < 1.29 is 9.53 Å². The molecular formula is C19H20N2O2S. The summed E-state index contributed by atoms with van der Waals surface area (Å²) >= 11 is 1.52. The first-order valence-corrected chi connectivity index (χ1v) is 9.12. The van der Waals surface area contributed by atoms with E-state index in [1.54, 1.807) is 7.11 Å². The highest BCUT2D eigenvalue weighted by Crippen LogP contribution is 2.31. The summed E-state index contributed by atoms with van der Waals surface area (Å²) in [7, 11) is 1.68. The van der Waals surface area contributed by atoms with Crippen molar-refractivity contribution in [2.24, 2.45) is 0 Å². The third-order valence-electron chi connectivity index (χ3n) is 4.73. The van der Waals surface area contributed by atoms with Crippen LogP contribution in [0.5, 0.6) is 5.75 Å². The van der Waals surface area contributed by atoms with Gasteiger partial charge in [-0.3, -0.25) is 4.79 Å². The van der Waals surface area contributed by atoms with Gasteiger partial charge in [0.15, 0.2) is 0 Å². The van der Waals surface area contributed by atoms with Crippen LogP contribution in [0, 0.1) is 0 Å². The van der Waals surface area contributed by atoms with Gasteiger partial charge < -0.3 is 14.6 Å². The molecule has 4 nitrogen and oxygen atoms in total. The molecule has 0 radical (unpaired) electrons. The van der Waals surface area contributed by atoms with Crippen molar-refractivity contribution >= 4 is 28.1 Å². The Morgan fingerprint density at radius 1 is 1.33 bits per heavy atom. The first-order valence-electron chi connectivity index (χ1n) is 8.24. The topological polar surface area (TPSA) is 45.3 Å². The van der Waals surface area contributed by atoms with Crippen LogP contribution in [0.15, 0.2) is 41.8 Å². The molecule has 1 saturated heterocycles. The Morgan fingerprint density at radius 2 is 2.25 bits per heavy atom. The van der Waals surface area contributed by atoms with Gasteiger partial charge in [-0.2, -0.15) is 0 Å². The lowest BCUT2D eigenvalue weighted by molar-refractivity contribution is 0.0711. The fraction of sp³-hybridized carbons (Fsp3) is 0.316. The van der Waals surface area contributed by atoms with Gasteiger partial charge >= 0.3 is 0 Å². The van der Waals surface area contributed by atoms with E-state index < -0.39 is 0 Å². The number of fused-ring (bicyclic) bond motifs is 1. The predicted molar refractivity (Wildman–Crippen MR) is 97.0 cm³/mol. The van der Waals surface area contributed by atoms with Crippen LogP contribution in [0.25, 0.3) is 10.9 Å². The summed E-state index contributed by atoms with van der Waals surface area (Å²) in [5.41, 5.74) is 2.33. The molecule has 0 saturated carbocycles. The van der Waals surface area contributed by atoms with Gasteiger partial charge in [-0.05, 0) is 48.6 Å². The lowest BCUT2D eigenvalue weighted by atomic mass is 9.94. The van der Waals surface area contributed by atoms with Crippen molar-refractivity contribution in [3.05, 3.63) is 52.3 Å². The molecule has 0 bridgehead atoms. The van der Waals surface area contributed by atoms with E-state index >= 15 is 0 Å². The third-order valence-corrected chi connectivity index (χ3v) is 5.59. The van der Waals surface area contributed by atoms with E-state index in [1.165, 1.54) is 17.0 Å². The summed E-state index contributed by atoms with van der Waals surface area (Å²) in [5.74, 6) is 1.39. The molecule has 1 aliphatic heterocycles. The molecule has 3 heterocycles. The summed E-state index contributed by atoms with van der Waals surface area (Å²) in [6.45, 7) is 1.63. The van der Waals surface area contributed by atoms with Gasteiger partial charge in [0.25, 0.3) is 5.91 Å². The number of rotatable bonds is 3. The Balaban J connectivity index is 1.56. The van der Waals surface area contributed by atoms with Gasteiger partial charge in [-0.25, -0.2) is 0 Å². The number of hydrogen-bond donors (Lipinski definition) is 1. The molecule has 1 unspecified atom stereocenters. The molecule has 5 heteroatoms. The molecule has 1 aromatic carbocycles. The van der Waals surface area contributed by atoms with E-state index in [9.17, 15) is 4.79 Å². The molecule has 0 spiro atoms. The molecule has 1 amide bonds. The van der Waals surface area contributed by atoms with Crippen molar-refractivity contribution in [1.82, 2.24) is 9.88 Å². The molecule has 1 atom stereocenters.